The molecule has 1 N–H and O–H groups in total. The Kier molecular flexibility index (Phi) is 5.14. The molecule has 1 aromatic carbocycles. The van der Waals surface area contributed by atoms with Gasteiger partial charge < -0.3 is 15.0 Å². The van der Waals surface area contributed by atoms with Gasteiger partial charge >= 0.3 is 0 Å². The third-order valence-electron chi connectivity index (χ3n) is 4.41. The van der Waals surface area contributed by atoms with E-state index in [1.807, 2.05) is 24.4 Å². The predicted molar refractivity (Wildman–Crippen MR) is 88.7 cm³/mol. The van der Waals surface area contributed by atoms with E-state index in [-0.39, 0.29) is 5.92 Å². The highest BCUT2D eigenvalue weighted by molar-refractivity contribution is 5.78. The van der Waals surface area contributed by atoms with Gasteiger partial charge in [0.15, 0.2) is 0 Å². The van der Waals surface area contributed by atoms with Crippen molar-refractivity contribution in [1.82, 2.24) is 15.2 Å². The number of piperidine rings is 1. The molecule has 0 unspecified atom stereocenters. The quantitative estimate of drug-likeness (QED) is 0.656. The first kappa shape index (κ1) is 15.1. The summed E-state index contributed by atoms with van der Waals surface area (Å²) in [6.45, 7) is 4.96. The van der Waals surface area contributed by atoms with Crippen molar-refractivity contribution in [1.29, 1.82) is 0 Å². The average molecular weight is 297 g/mol. The van der Waals surface area contributed by atoms with Crippen molar-refractivity contribution >= 4 is 17.2 Å². The number of pyridine rings is 1. The van der Waals surface area contributed by atoms with Gasteiger partial charge in [0.1, 0.15) is 6.29 Å². The number of benzene rings is 1. The Bertz CT molecular complexity index is 621. The lowest BCUT2D eigenvalue weighted by Gasteiger charge is -2.29. The molecule has 0 aliphatic carbocycles. The first-order chi connectivity index (χ1) is 10.8. The average Bonchev–Trinajstić information content (AvgIpc) is 2.59. The van der Waals surface area contributed by atoms with Gasteiger partial charge in [0.05, 0.1) is 5.52 Å². The first-order valence-electron chi connectivity index (χ1n) is 8.07. The number of hydrogen-bond donors (Lipinski definition) is 1. The lowest BCUT2D eigenvalue weighted by atomic mass is 9.99. The molecule has 116 valence electrons. The molecule has 1 aliphatic rings. The standard InChI is InChI=1S/C18H23N3O/c22-14-15-5-8-21(9-6-15)10-7-19-12-16-11-17-3-1-2-4-18(17)20-13-16/h1-4,11,13-15,19H,5-10,12H2. The van der Waals surface area contributed by atoms with Crippen molar-refractivity contribution in [2.45, 2.75) is 19.4 Å². The molecule has 22 heavy (non-hydrogen) atoms. The van der Waals surface area contributed by atoms with Crippen molar-refractivity contribution < 1.29 is 4.79 Å². The minimum absolute atomic E-state index is 0.285. The second kappa shape index (κ2) is 7.47. The molecule has 0 spiro atoms. The number of para-hydroxylation sites is 1. The number of hydrogen-bond acceptors (Lipinski definition) is 4. The number of fused-ring (bicyclic) bond motifs is 1. The van der Waals surface area contributed by atoms with E-state index in [0.29, 0.717) is 0 Å². The van der Waals surface area contributed by atoms with Crippen LogP contribution in [0.2, 0.25) is 0 Å². The minimum atomic E-state index is 0.285. The molecule has 2 heterocycles. The van der Waals surface area contributed by atoms with Crippen LogP contribution in [-0.2, 0) is 11.3 Å². The number of aldehydes is 1. The van der Waals surface area contributed by atoms with Crippen LogP contribution in [0.15, 0.2) is 36.5 Å². The van der Waals surface area contributed by atoms with E-state index in [4.69, 9.17) is 0 Å². The Morgan fingerprint density at radius 2 is 2.09 bits per heavy atom. The molecular weight excluding hydrogens is 274 g/mol. The first-order valence-corrected chi connectivity index (χ1v) is 8.07. The van der Waals surface area contributed by atoms with Crippen molar-refractivity contribution in [3.05, 3.63) is 42.1 Å². The molecule has 4 heteroatoms. The van der Waals surface area contributed by atoms with Crippen LogP contribution in [0.5, 0.6) is 0 Å². The van der Waals surface area contributed by atoms with E-state index in [0.717, 1.165) is 57.4 Å². The van der Waals surface area contributed by atoms with Gasteiger partial charge in [-0.3, -0.25) is 4.98 Å². The number of aromatic nitrogens is 1. The third-order valence-corrected chi connectivity index (χ3v) is 4.41. The van der Waals surface area contributed by atoms with E-state index in [2.05, 4.69) is 27.3 Å². The maximum atomic E-state index is 10.7. The maximum Gasteiger partial charge on any atom is 0.123 e. The monoisotopic (exact) mass is 297 g/mol. The zero-order valence-electron chi connectivity index (χ0n) is 12.9. The van der Waals surface area contributed by atoms with Crippen LogP contribution in [0, 0.1) is 5.92 Å². The lowest BCUT2D eigenvalue weighted by molar-refractivity contribution is -0.112. The predicted octanol–water partition coefficient (Wildman–Crippen LogP) is 2.24. The molecule has 1 aliphatic heterocycles. The SMILES string of the molecule is O=CC1CCN(CCNCc2cnc3ccccc3c2)CC1. The van der Waals surface area contributed by atoms with Gasteiger partial charge in [-0.25, -0.2) is 0 Å². The van der Waals surface area contributed by atoms with E-state index < -0.39 is 0 Å². The van der Waals surface area contributed by atoms with Crippen LogP contribution < -0.4 is 5.32 Å². The largest absolute Gasteiger partial charge is 0.311 e. The zero-order valence-corrected chi connectivity index (χ0v) is 12.9. The van der Waals surface area contributed by atoms with Gasteiger partial charge in [-0.2, -0.15) is 0 Å². The summed E-state index contributed by atoms with van der Waals surface area (Å²) in [5.74, 6) is 0.285. The zero-order chi connectivity index (χ0) is 15.2. The Balaban J connectivity index is 1.42. The van der Waals surface area contributed by atoms with Gasteiger partial charge in [0.25, 0.3) is 0 Å². The van der Waals surface area contributed by atoms with E-state index >= 15 is 0 Å². The molecule has 2 aromatic rings. The summed E-state index contributed by atoms with van der Waals surface area (Å²) in [4.78, 5) is 17.7. The van der Waals surface area contributed by atoms with Crippen molar-refractivity contribution in [3.63, 3.8) is 0 Å². The Labute approximate surface area is 131 Å². The molecular formula is C18H23N3O. The van der Waals surface area contributed by atoms with Crippen LogP contribution in [-0.4, -0.2) is 42.3 Å². The second-order valence-corrected chi connectivity index (χ2v) is 6.03. The van der Waals surface area contributed by atoms with Crippen LogP contribution in [0.3, 0.4) is 0 Å². The molecule has 0 bridgehead atoms. The van der Waals surface area contributed by atoms with Crippen molar-refractivity contribution in [2.24, 2.45) is 5.92 Å². The fraction of sp³-hybridized carbons (Fsp3) is 0.444. The molecule has 1 fully saturated rings. The molecule has 0 atom stereocenters. The summed E-state index contributed by atoms with van der Waals surface area (Å²) >= 11 is 0. The smallest absolute Gasteiger partial charge is 0.123 e. The molecule has 1 aromatic heterocycles. The number of carbonyl (C=O) groups is 1. The highest BCUT2D eigenvalue weighted by Gasteiger charge is 2.17. The van der Waals surface area contributed by atoms with Gasteiger partial charge in [-0.1, -0.05) is 18.2 Å². The fourth-order valence-corrected chi connectivity index (χ4v) is 3.00. The molecule has 0 radical (unpaired) electrons. The van der Waals surface area contributed by atoms with Gasteiger partial charge in [0, 0.05) is 37.1 Å². The highest BCUT2D eigenvalue weighted by Crippen LogP contribution is 2.14. The lowest BCUT2D eigenvalue weighted by Crippen LogP contribution is -2.38. The third kappa shape index (κ3) is 3.90. The topological polar surface area (TPSA) is 45.2 Å². The number of likely N-dealkylation sites (tertiary alicyclic amines) is 1. The summed E-state index contributed by atoms with van der Waals surface area (Å²) in [5.41, 5.74) is 2.27. The number of carbonyl (C=O) groups excluding carboxylic acids is 1. The number of rotatable bonds is 6. The molecule has 4 nitrogen and oxygen atoms in total. The normalized spacial score (nSPS) is 16.9. The van der Waals surface area contributed by atoms with Gasteiger partial charge in [-0.15, -0.1) is 0 Å². The summed E-state index contributed by atoms with van der Waals surface area (Å²) < 4.78 is 0. The fourth-order valence-electron chi connectivity index (χ4n) is 3.00. The van der Waals surface area contributed by atoms with Crippen LogP contribution in [0.4, 0.5) is 0 Å². The number of nitrogens with zero attached hydrogens (tertiary/aromatic N) is 2. The Hall–Kier alpha value is -1.78. The van der Waals surface area contributed by atoms with Gasteiger partial charge in [-0.05, 0) is 43.6 Å². The summed E-state index contributed by atoms with van der Waals surface area (Å²) in [6, 6.07) is 10.4. The van der Waals surface area contributed by atoms with Crippen LogP contribution in [0.25, 0.3) is 10.9 Å². The van der Waals surface area contributed by atoms with E-state index in [1.54, 1.807) is 0 Å². The Morgan fingerprint density at radius 1 is 1.27 bits per heavy atom. The molecule has 0 amide bonds. The highest BCUT2D eigenvalue weighted by atomic mass is 16.1. The van der Waals surface area contributed by atoms with Crippen LogP contribution in [0.1, 0.15) is 18.4 Å². The minimum Gasteiger partial charge on any atom is -0.311 e. The van der Waals surface area contributed by atoms with E-state index in [1.165, 1.54) is 10.9 Å². The summed E-state index contributed by atoms with van der Waals surface area (Å²) in [5, 5.41) is 4.68. The van der Waals surface area contributed by atoms with Gasteiger partial charge in [0.2, 0.25) is 0 Å². The second-order valence-electron chi connectivity index (χ2n) is 6.03. The van der Waals surface area contributed by atoms with Crippen molar-refractivity contribution in [2.75, 3.05) is 26.2 Å². The van der Waals surface area contributed by atoms with E-state index in [9.17, 15) is 4.79 Å². The van der Waals surface area contributed by atoms with Crippen LogP contribution >= 0.6 is 0 Å². The molecule has 0 saturated carbocycles. The molecule has 3 rings (SSSR count). The summed E-state index contributed by atoms with van der Waals surface area (Å²) in [7, 11) is 0. The summed E-state index contributed by atoms with van der Waals surface area (Å²) in [6.07, 6.45) is 5.09. The number of nitrogens with one attached hydrogen (secondary N) is 1. The maximum absolute atomic E-state index is 10.7. The Morgan fingerprint density at radius 3 is 2.91 bits per heavy atom. The molecule has 1 saturated heterocycles. The van der Waals surface area contributed by atoms with Crippen molar-refractivity contribution in [3.8, 4) is 0 Å².